The molecule has 1 saturated heterocycles. The van der Waals surface area contributed by atoms with Gasteiger partial charge in [-0.25, -0.2) is 4.98 Å². The fraction of sp³-hybridized carbons (Fsp3) is 0.348. The van der Waals surface area contributed by atoms with Crippen LogP contribution < -0.4 is 5.32 Å². The van der Waals surface area contributed by atoms with Crippen molar-refractivity contribution in [2.45, 2.75) is 13.0 Å². The van der Waals surface area contributed by atoms with E-state index in [1.165, 1.54) is 11.1 Å². The third-order valence-corrected chi connectivity index (χ3v) is 5.39. The number of aromatic nitrogens is 1. The highest BCUT2D eigenvalue weighted by Crippen LogP contribution is 2.19. The number of ether oxygens (including phenoxy) is 1. The molecule has 1 fully saturated rings. The van der Waals surface area contributed by atoms with Crippen LogP contribution in [0, 0.1) is 0 Å². The van der Waals surface area contributed by atoms with Crippen molar-refractivity contribution in [1.29, 1.82) is 0 Å². The zero-order chi connectivity index (χ0) is 20.8. The molecule has 0 aliphatic carbocycles. The number of rotatable bonds is 5. The lowest BCUT2D eigenvalue weighted by Crippen LogP contribution is -2.41. The van der Waals surface area contributed by atoms with E-state index in [0.29, 0.717) is 32.1 Å². The second kappa shape index (κ2) is 9.65. The fourth-order valence-electron chi connectivity index (χ4n) is 3.68. The number of benzene rings is 1. The average molecular weight is 406 g/mol. The number of anilines is 1. The predicted molar refractivity (Wildman–Crippen MR) is 115 cm³/mol. The van der Waals surface area contributed by atoms with Gasteiger partial charge in [0.15, 0.2) is 0 Å². The summed E-state index contributed by atoms with van der Waals surface area (Å²) in [7, 11) is 0. The molecule has 0 spiro atoms. The van der Waals surface area contributed by atoms with Gasteiger partial charge in [0.2, 0.25) is 11.8 Å². The number of nitrogens with one attached hydrogen (secondary N) is 1. The lowest BCUT2D eigenvalue weighted by Gasteiger charge is -2.27. The highest BCUT2D eigenvalue weighted by molar-refractivity contribution is 5.92. The monoisotopic (exact) mass is 406 g/mol. The molecular formula is C23H26N4O3. The quantitative estimate of drug-likeness (QED) is 0.769. The second-order valence-corrected chi connectivity index (χ2v) is 7.53. The van der Waals surface area contributed by atoms with E-state index >= 15 is 0 Å². The van der Waals surface area contributed by atoms with Gasteiger partial charge in [-0.1, -0.05) is 24.3 Å². The van der Waals surface area contributed by atoms with Crippen LogP contribution in [-0.2, 0) is 27.3 Å². The minimum Gasteiger partial charge on any atom is -0.379 e. The van der Waals surface area contributed by atoms with Crippen molar-refractivity contribution in [2.24, 2.45) is 0 Å². The molecule has 1 aromatic heterocycles. The summed E-state index contributed by atoms with van der Waals surface area (Å²) >= 11 is 0. The smallest absolute Gasteiger partial charge is 0.246 e. The molecule has 1 aromatic carbocycles. The van der Waals surface area contributed by atoms with Crippen molar-refractivity contribution >= 4 is 23.7 Å². The van der Waals surface area contributed by atoms with Crippen LogP contribution in [0.5, 0.6) is 0 Å². The van der Waals surface area contributed by atoms with Gasteiger partial charge >= 0.3 is 0 Å². The first-order valence-electron chi connectivity index (χ1n) is 10.3. The lowest BCUT2D eigenvalue weighted by atomic mass is 10.00. The van der Waals surface area contributed by atoms with Crippen molar-refractivity contribution in [3.63, 3.8) is 0 Å². The van der Waals surface area contributed by atoms with E-state index in [0.717, 1.165) is 31.6 Å². The summed E-state index contributed by atoms with van der Waals surface area (Å²) in [5, 5.41) is 2.81. The van der Waals surface area contributed by atoms with E-state index < -0.39 is 0 Å². The first-order valence-corrected chi connectivity index (χ1v) is 10.3. The third-order valence-electron chi connectivity index (χ3n) is 5.39. The Kier molecular flexibility index (Phi) is 6.51. The van der Waals surface area contributed by atoms with E-state index in [2.05, 4.69) is 27.3 Å². The van der Waals surface area contributed by atoms with Gasteiger partial charge < -0.3 is 15.0 Å². The Bertz CT molecular complexity index is 920. The number of morpholine rings is 1. The number of pyridine rings is 1. The molecule has 1 N–H and O–H groups in total. The number of hydrogen-bond acceptors (Lipinski definition) is 5. The van der Waals surface area contributed by atoms with E-state index in [1.54, 1.807) is 24.4 Å². The lowest BCUT2D eigenvalue weighted by molar-refractivity contribution is -0.126. The molecule has 30 heavy (non-hydrogen) atoms. The number of hydrogen-bond donors (Lipinski definition) is 1. The average Bonchev–Trinajstić information content (AvgIpc) is 2.78. The number of fused-ring (bicyclic) bond motifs is 1. The van der Waals surface area contributed by atoms with Gasteiger partial charge in [0.05, 0.1) is 19.8 Å². The normalized spacial score (nSPS) is 17.0. The maximum absolute atomic E-state index is 12.5. The molecule has 3 heterocycles. The summed E-state index contributed by atoms with van der Waals surface area (Å²) in [5.74, 6) is 0.407. The number of carbonyl (C=O) groups excluding carboxylic acids is 2. The van der Waals surface area contributed by atoms with Crippen LogP contribution in [-0.4, -0.2) is 66.0 Å². The van der Waals surface area contributed by atoms with Crippen molar-refractivity contribution < 1.29 is 14.3 Å². The molecule has 0 unspecified atom stereocenters. The van der Waals surface area contributed by atoms with Gasteiger partial charge in [-0.05, 0) is 41.3 Å². The van der Waals surface area contributed by atoms with Crippen molar-refractivity contribution in [3.8, 4) is 0 Å². The second-order valence-electron chi connectivity index (χ2n) is 7.53. The minimum atomic E-state index is -0.0896. The van der Waals surface area contributed by atoms with Crippen LogP contribution in [0.1, 0.15) is 16.7 Å². The fourth-order valence-corrected chi connectivity index (χ4v) is 3.68. The van der Waals surface area contributed by atoms with E-state index in [4.69, 9.17) is 4.74 Å². The van der Waals surface area contributed by atoms with Crippen LogP contribution in [0.3, 0.4) is 0 Å². The molecule has 7 nitrogen and oxygen atoms in total. The molecule has 2 aliphatic heterocycles. The van der Waals surface area contributed by atoms with Gasteiger partial charge in [0, 0.05) is 38.5 Å². The Hall–Kier alpha value is -3.03. The summed E-state index contributed by atoms with van der Waals surface area (Å²) in [6.07, 6.45) is 5.88. The first-order chi connectivity index (χ1) is 14.7. The van der Waals surface area contributed by atoms with E-state index in [1.807, 2.05) is 23.1 Å². The molecule has 156 valence electrons. The molecule has 0 bridgehead atoms. The molecule has 7 heteroatoms. The summed E-state index contributed by atoms with van der Waals surface area (Å²) in [4.78, 5) is 32.9. The molecular weight excluding hydrogens is 380 g/mol. The number of nitrogens with zero attached hydrogens (tertiary/aromatic N) is 3. The largest absolute Gasteiger partial charge is 0.379 e. The zero-order valence-corrected chi connectivity index (χ0v) is 16.9. The molecule has 2 aromatic rings. The van der Waals surface area contributed by atoms with Gasteiger partial charge in [-0.3, -0.25) is 14.5 Å². The zero-order valence-electron chi connectivity index (χ0n) is 16.9. The standard InChI is InChI=1S/C23H26N4O3/c28-22(17-26-11-13-30-14-12-26)25-21-7-5-18(15-24-21)6-8-23(29)27-10-9-19-3-1-2-4-20(19)16-27/h1-8,15H,9-14,16-17H2,(H,24,25,28). The van der Waals surface area contributed by atoms with Gasteiger partial charge in [-0.15, -0.1) is 0 Å². The van der Waals surface area contributed by atoms with Gasteiger partial charge in [0.1, 0.15) is 5.82 Å². The predicted octanol–water partition coefficient (Wildman–Crippen LogP) is 1.95. The maximum Gasteiger partial charge on any atom is 0.246 e. The Morgan fingerprint density at radius 2 is 1.87 bits per heavy atom. The molecule has 0 saturated carbocycles. The molecule has 0 atom stereocenters. The van der Waals surface area contributed by atoms with E-state index in [9.17, 15) is 9.59 Å². The highest BCUT2D eigenvalue weighted by Gasteiger charge is 2.18. The van der Waals surface area contributed by atoms with Crippen LogP contribution in [0.4, 0.5) is 5.82 Å². The minimum absolute atomic E-state index is 0.00704. The summed E-state index contributed by atoms with van der Waals surface area (Å²) in [6.45, 7) is 4.56. The first kappa shape index (κ1) is 20.3. The van der Waals surface area contributed by atoms with Crippen molar-refractivity contribution in [2.75, 3.05) is 44.7 Å². The summed E-state index contributed by atoms with van der Waals surface area (Å²) in [5.41, 5.74) is 3.34. The topological polar surface area (TPSA) is 74.8 Å². The van der Waals surface area contributed by atoms with Crippen LogP contribution >= 0.6 is 0 Å². The van der Waals surface area contributed by atoms with Crippen LogP contribution in [0.2, 0.25) is 0 Å². The van der Waals surface area contributed by atoms with Crippen molar-refractivity contribution in [1.82, 2.24) is 14.8 Å². The number of carbonyl (C=O) groups is 2. The van der Waals surface area contributed by atoms with Crippen LogP contribution in [0.25, 0.3) is 6.08 Å². The molecule has 0 radical (unpaired) electrons. The van der Waals surface area contributed by atoms with Crippen LogP contribution in [0.15, 0.2) is 48.7 Å². The van der Waals surface area contributed by atoms with Crippen molar-refractivity contribution in [3.05, 3.63) is 65.4 Å². The Morgan fingerprint density at radius 3 is 2.63 bits per heavy atom. The SMILES string of the molecule is O=C(CN1CCOCC1)Nc1ccc(C=CC(=O)N2CCc3ccccc3C2)cn1. The van der Waals surface area contributed by atoms with Gasteiger partial charge in [0.25, 0.3) is 0 Å². The van der Waals surface area contributed by atoms with Gasteiger partial charge in [-0.2, -0.15) is 0 Å². The Morgan fingerprint density at radius 1 is 1.07 bits per heavy atom. The van der Waals surface area contributed by atoms with E-state index in [-0.39, 0.29) is 11.8 Å². The Balaban J connectivity index is 1.28. The maximum atomic E-state index is 12.5. The molecule has 2 amide bonds. The molecule has 2 aliphatic rings. The highest BCUT2D eigenvalue weighted by atomic mass is 16.5. The number of amides is 2. The summed E-state index contributed by atoms with van der Waals surface area (Å²) < 4.78 is 5.29. The third kappa shape index (κ3) is 5.31. The molecule has 4 rings (SSSR count). The summed E-state index contributed by atoms with van der Waals surface area (Å²) in [6, 6.07) is 11.8. The Labute approximate surface area is 176 Å².